The Hall–Kier alpha value is -1.89. The average molecular weight is 223 g/mol. The lowest BCUT2D eigenvalue weighted by Crippen LogP contribution is -2.04. The number of hydrogen-bond donors (Lipinski definition) is 1. The monoisotopic (exact) mass is 223 g/mol. The van der Waals surface area contributed by atoms with E-state index >= 15 is 0 Å². The molecular weight excluding hydrogens is 213 g/mol. The van der Waals surface area contributed by atoms with E-state index in [-0.39, 0.29) is 6.42 Å². The second-order valence-electron chi connectivity index (χ2n) is 3.35. The lowest BCUT2D eigenvalue weighted by molar-refractivity contribution is 0.175. The van der Waals surface area contributed by atoms with Crippen molar-refractivity contribution in [3.05, 3.63) is 35.7 Å². The minimum atomic E-state index is -0.882. The highest BCUT2D eigenvalue weighted by atomic mass is 19.1. The van der Waals surface area contributed by atoms with Crippen LogP contribution in [0.1, 0.15) is 17.5 Å². The van der Waals surface area contributed by atoms with Gasteiger partial charge < -0.3 is 5.11 Å². The Kier molecular flexibility index (Phi) is 2.86. The van der Waals surface area contributed by atoms with Crippen molar-refractivity contribution in [2.75, 3.05) is 0 Å². The Bertz CT molecular complexity index is 486. The molecule has 0 aliphatic heterocycles. The van der Waals surface area contributed by atoms with Gasteiger partial charge in [-0.05, 0) is 11.3 Å². The normalized spacial score (nSPS) is 12.7. The summed E-state index contributed by atoms with van der Waals surface area (Å²) in [6.45, 7) is 0. The second-order valence-corrected chi connectivity index (χ2v) is 3.35. The maximum Gasteiger partial charge on any atom is 0.177 e. The van der Waals surface area contributed by atoms with Gasteiger partial charge in [-0.1, -0.05) is 0 Å². The number of nitrogens with zero attached hydrogens (tertiary/aromatic N) is 5. The van der Waals surface area contributed by atoms with E-state index in [0.29, 0.717) is 11.4 Å². The highest BCUT2D eigenvalue weighted by Gasteiger charge is 2.13. The molecule has 84 valence electrons. The summed E-state index contributed by atoms with van der Waals surface area (Å²) in [4.78, 5) is 4.95. The first kappa shape index (κ1) is 10.6. The predicted molar refractivity (Wildman–Crippen MR) is 51.7 cm³/mol. The summed E-state index contributed by atoms with van der Waals surface area (Å²) >= 11 is 0. The topological polar surface area (TPSA) is 76.7 Å². The number of hydrogen-bond acceptors (Lipinski definition) is 5. The van der Waals surface area contributed by atoms with Crippen molar-refractivity contribution in [3.8, 4) is 0 Å². The van der Waals surface area contributed by atoms with E-state index in [0.717, 1.165) is 6.20 Å². The molecule has 0 aliphatic carbocycles. The summed E-state index contributed by atoms with van der Waals surface area (Å²) in [5, 5.41) is 21.1. The Morgan fingerprint density at radius 2 is 2.31 bits per heavy atom. The molecule has 2 rings (SSSR count). The van der Waals surface area contributed by atoms with E-state index in [2.05, 4.69) is 20.4 Å². The molecule has 16 heavy (non-hydrogen) atoms. The van der Waals surface area contributed by atoms with Gasteiger partial charge in [-0.25, -0.2) is 4.39 Å². The van der Waals surface area contributed by atoms with Crippen molar-refractivity contribution in [3.63, 3.8) is 0 Å². The van der Waals surface area contributed by atoms with Crippen LogP contribution in [0.4, 0.5) is 4.39 Å². The summed E-state index contributed by atoms with van der Waals surface area (Å²) in [6.07, 6.45) is 1.78. The third-order valence-electron chi connectivity index (χ3n) is 2.04. The maximum atomic E-state index is 12.8. The van der Waals surface area contributed by atoms with Gasteiger partial charge in [-0.2, -0.15) is 4.80 Å². The number of aliphatic hydroxyl groups is 1. The number of aromatic nitrogens is 5. The van der Waals surface area contributed by atoms with E-state index < -0.39 is 11.9 Å². The van der Waals surface area contributed by atoms with Gasteiger partial charge in [-0.3, -0.25) is 4.98 Å². The molecule has 2 aromatic heterocycles. The molecule has 2 aromatic rings. The zero-order valence-electron chi connectivity index (χ0n) is 8.58. The minimum Gasteiger partial charge on any atom is -0.388 e. The molecule has 6 nitrogen and oxygen atoms in total. The van der Waals surface area contributed by atoms with Crippen LogP contribution in [0, 0.1) is 5.82 Å². The Morgan fingerprint density at radius 1 is 1.50 bits per heavy atom. The number of aryl methyl sites for hydroxylation is 1. The lowest BCUT2D eigenvalue weighted by Gasteiger charge is -2.07. The molecule has 0 spiro atoms. The molecule has 0 saturated heterocycles. The number of tetrazole rings is 1. The first-order valence-corrected chi connectivity index (χ1v) is 4.66. The van der Waals surface area contributed by atoms with Gasteiger partial charge in [0, 0.05) is 18.2 Å². The van der Waals surface area contributed by atoms with Gasteiger partial charge in [0.05, 0.1) is 19.3 Å². The van der Waals surface area contributed by atoms with Gasteiger partial charge in [0.25, 0.3) is 0 Å². The van der Waals surface area contributed by atoms with Gasteiger partial charge >= 0.3 is 0 Å². The van der Waals surface area contributed by atoms with E-state index in [4.69, 9.17) is 0 Å². The van der Waals surface area contributed by atoms with E-state index in [1.807, 2.05) is 0 Å². The quantitative estimate of drug-likeness (QED) is 0.793. The van der Waals surface area contributed by atoms with Gasteiger partial charge in [0.1, 0.15) is 5.82 Å². The van der Waals surface area contributed by atoms with Gasteiger partial charge in [-0.15, -0.1) is 10.2 Å². The summed E-state index contributed by atoms with van der Waals surface area (Å²) in [5.41, 5.74) is 0.396. The molecule has 0 saturated carbocycles. The zero-order chi connectivity index (χ0) is 11.5. The standard InChI is InChI=1S/C9H10FN5O/c1-15-13-9(12-14-15)3-8(16)6-2-7(10)5-11-4-6/h2,4-5,8,16H,3H2,1H3. The van der Waals surface area contributed by atoms with Crippen molar-refractivity contribution in [2.24, 2.45) is 7.05 Å². The number of rotatable bonds is 3. The van der Waals surface area contributed by atoms with Crippen molar-refractivity contribution in [1.29, 1.82) is 0 Å². The first-order valence-electron chi connectivity index (χ1n) is 4.66. The molecular formula is C9H10FN5O. The molecule has 0 bridgehead atoms. The van der Waals surface area contributed by atoms with Crippen molar-refractivity contribution in [1.82, 2.24) is 25.2 Å². The van der Waals surface area contributed by atoms with E-state index in [1.165, 1.54) is 17.1 Å². The molecule has 1 unspecified atom stereocenters. The average Bonchev–Trinajstić information content (AvgIpc) is 2.64. The fraction of sp³-hybridized carbons (Fsp3) is 0.333. The van der Waals surface area contributed by atoms with Crippen LogP contribution in [-0.2, 0) is 13.5 Å². The van der Waals surface area contributed by atoms with Crippen molar-refractivity contribution >= 4 is 0 Å². The van der Waals surface area contributed by atoms with E-state index in [9.17, 15) is 9.50 Å². The van der Waals surface area contributed by atoms with E-state index in [1.54, 1.807) is 7.05 Å². The highest BCUT2D eigenvalue weighted by Crippen LogP contribution is 2.15. The molecule has 0 amide bonds. The fourth-order valence-corrected chi connectivity index (χ4v) is 1.31. The van der Waals surface area contributed by atoms with Gasteiger partial charge in [0.15, 0.2) is 5.82 Å². The number of aliphatic hydroxyl groups excluding tert-OH is 1. The maximum absolute atomic E-state index is 12.8. The van der Waals surface area contributed by atoms with Crippen LogP contribution in [0.2, 0.25) is 0 Å². The van der Waals surface area contributed by atoms with Crippen LogP contribution in [0.25, 0.3) is 0 Å². The molecule has 7 heteroatoms. The third kappa shape index (κ3) is 2.37. The molecule has 0 aromatic carbocycles. The molecule has 1 atom stereocenters. The summed E-state index contributed by atoms with van der Waals surface area (Å²) in [7, 11) is 1.63. The second kappa shape index (κ2) is 4.31. The summed E-state index contributed by atoms with van der Waals surface area (Å²) < 4.78 is 12.8. The van der Waals surface area contributed by atoms with Crippen LogP contribution in [0.15, 0.2) is 18.5 Å². The molecule has 2 heterocycles. The lowest BCUT2D eigenvalue weighted by atomic mass is 10.1. The summed E-state index contributed by atoms with van der Waals surface area (Å²) in [5.74, 6) is -0.0806. The Labute approximate surface area is 90.7 Å². The molecule has 1 N–H and O–H groups in total. The van der Waals surface area contributed by atoms with Crippen LogP contribution in [-0.4, -0.2) is 30.3 Å². The van der Waals surface area contributed by atoms with Crippen molar-refractivity contribution < 1.29 is 9.50 Å². The van der Waals surface area contributed by atoms with Crippen LogP contribution >= 0.6 is 0 Å². The zero-order valence-corrected chi connectivity index (χ0v) is 8.58. The molecule has 0 fully saturated rings. The highest BCUT2D eigenvalue weighted by molar-refractivity contribution is 5.14. The van der Waals surface area contributed by atoms with Crippen LogP contribution < -0.4 is 0 Å². The number of pyridine rings is 1. The third-order valence-corrected chi connectivity index (χ3v) is 2.04. The molecule has 0 radical (unpaired) electrons. The largest absolute Gasteiger partial charge is 0.388 e. The Balaban J connectivity index is 2.11. The first-order chi connectivity index (χ1) is 7.65. The fourth-order valence-electron chi connectivity index (χ4n) is 1.31. The van der Waals surface area contributed by atoms with Crippen LogP contribution in [0.5, 0.6) is 0 Å². The molecule has 0 aliphatic rings. The Morgan fingerprint density at radius 3 is 2.94 bits per heavy atom. The minimum absolute atomic E-state index is 0.180. The SMILES string of the molecule is Cn1nnc(CC(O)c2cncc(F)c2)n1. The number of halogens is 1. The van der Waals surface area contributed by atoms with Crippen LogP contribution in [0.3, 0.4) is 0 Å². The van der Waals surface area contributed by atoms with Crippen molar-refractivity contribution in [2.45, 2.75) is 12.5 Å². The smallest absolute Gasteiger partial charge is 0.177 e. The van der Waals surface area contributed by atoms with Gasteiger partial charge in [0.2, 0.25) is 0 Å². The predicted octanol–water partition coefficient (Wildman–Crippen LogP) is 0.0203. The summed E-state index contributed by atoms with van der Waals surface area (Å²) in [6, 6.07) is 1.23.